The Morgan fingerprint density at radius 2 is 0.941 bits per heavy atom. The first-order chi connectivity index (χ1) is 8.36. The van der Waals surface area contributed by atoms with E-state index in [0.29, 0.717) is 0 Å². The summed E-state index contributed by atoms with van der Waals surface area (Å²) in [5, 5.41) is 0. The lowest BCUT2D eigenvalue weighted by molar-refractivity contribution is 0.173. The maximum Gasteiger partial charge on any atom is -0.0386 e. The zero-order valence-corrected chi connectivity index (χ0v) is 13.1. The first kappa shape index (κ1) is 17.0. The topological polar surface area (TPSA) is 0 Å². The van der Waals surface area contributed by atoms with Gasteiger partial charge in [0.05, 0.1) is 0 Å². The normalized spacial score (nSPS) is 29.5. The van der Waals surface area contributed by atoms with Crippen molar-refractivity contribution in [1.29, 1.82) is 0 Å². The van der Waals surface area contributed by atoms with Gasteiger partial charge in [0.2, 0.25) is 0 Å². The van der Waals surface area contributed by atoms with Crippen molar-refractivity contribution >= 4 is 0 Å². The summed E-state index contributed by atoms with van der Waals surface area (Å²) >= 11 is 0. The molecule has 0 N–H and O–H groups in total. The average molecular weight is 240 g/mol. The fourth-order valence-corrected chi connectivity index (χ4v) is 3.36. The Labute approximate surface area is 111 Å². The van der Waals surface area contributed by atoms with E-state index in [1.807, 2.05) is 27.7 Å². The molecule has 0 aromatic rings. The summed E-state index contributed by atoms with van der Waals surface area (Å²) in [7, 11) is 0. The van der Waals surface area contributed by atoms with Gasteiger partial charge in [-0.05, 0) is 30.6 Å². The first-order valence-electron chi connectivity index (χ1n) is 8.36. The van der Waals surface area contributed by atoms with E-state index < -0.39 is 0 Å². The Balaban J connectivity index is 0.000000581. The molecule has 0 nitrogen and oxygen atoms in total. The molecule has 0 aromatic carbocycles. The summed E-state index contributed by atoms with van der Waals surface area (Å²) in [6.07, 6.45) is 13.8. The maximum absolute atomic E-state index is 2.43. The van der Waals surface area contributed by atoms with E-state index in [0.717, 1.165) is 17.8 Å². The third-order valence-corrected chi connectivity index (χ3v) is 4.38. The zero-order valence-electron chi connectivity index (χ0n) is 13.1. The van der Waals surface area contributed by atoms with Crippen LogP contribution in [-0.2, 0) is 0 Å². The van der Waals surface area contributed by atoms with Crippen molar-refractivity contribution < 1.29 is 0 Å². The van der Waals surface area contributed by atoms with Crippen molar-refractivity contribution in [3.8, 4) is 0 Å². The van der Waals surface area contributed by atoms with Gasteiger partial charge >= 0.3 is 0 Å². The Hall–Kier alpha value is 0. The summed E-state index contributed by atoms with van der Waals surface area (Å²) in [6, 6.07) is 0. The van der Waals surface area contributed by atoms with Gasteiger partial charge in [-0.2, -0.15) is 0 Å². The lowest BCUT2D eigenvalue weighted by Gasteiger charge is -2.34. The zero-order chi connectivity index (χ0) is 13.1. The minimum atomic E-state index is 1.03. The van der Waals surface area contributed by atoms with Gasteiger partial charge < -0.3 is 0 Å². The Kier molecular flexibility index (Phi) is 11.1. The number of hydrogen-bond acceptors (Lipinski definition) is 0. The third kappa shape index (κ3) is 6.48. The molecule has 17 heavy (non-hydrogen) atoms. The summed E-state index contributed by atoms with van der Waals surface area (Å²) in [6.45, 7) is 10.4. The van der Waals surface area contributed by atoms with Crippen LogP contribution >= 0.6 is 0 Å². The van der Waals surface area contributed by atoms with Crippen molar-refractivity contribution in [2.24, 2.45) is 17.8 Å². The molecule has 104 valence electrons. The molecule has 0 saturated heterocycles. The molecule has 0 bridgehead atoms. The summed E-state index contributed by atoms with van der Waals surface area (Å²) in [5.41, 5.74) is 0. The van der Waals surface area contributed by atoms with Crippen molar-refractivity contribution in [3.05, 3.63) is 0 Å². The van der Waals surface area contributed by atoms with Gasteiger partial charge in [-0.1, -0.05) is 79.6 Å². The molecule has 0 heteroatoms. The van der Waals surface area contributed by atoms with E-state index in [4.69, 9.17) is 0 Å². The molecule has 0 amide bonds. The minimum Gasteiger partial charge on any atom is -0.0683 e. The number of hydrogen-bond donors (Lipinski definition) is 0. The molecule has 0 unspecified atom stereocenters. The van der Waals surface area contributed by atoms with Crippen molar-refractivity contribution in [1.82, 2.24) is 0 Å². The Bertz CT molecular complexity index is 136. The predicted octanol–water partition coefficient (Wildman–Crippen LogP) is 6.45. The molecule has 2 aliphatic rings. The lowest BCUT2D eigenvalue weighted by atomic mass is 9.71. The highest BCUT2D eigenvalue weighted by molar-refractivity contribution is 4.78. The van der Waals surface area contributed by atoms with Crippen molar-refractivity contribution in [3.63, 3.8) is 0 Å². The van der Waals surface area contributed by atoms with Gasteiger partial charge in [0.1, 0.15) is 0 Å². The van der Waals surface area contributed by atoms with E-state index >= 15 is 0 Å². The molecular weight excluding hydrogens is 204 g/mol. The van der Waals surface area contributed by atoms with Crippen molar-refractivity contribution in [2.75, 3.05) is 0 Å². The second-order valence-electron chi connectivity index (χ2n) is 5.42. The lowest BCUT2D eigenvalue weighted by Crippen LogP contribution is -2.22. The SMILES string of the molecule is CC.CC.CC1CCC(C2CCCCC2)CC1. The molecule has 2 aliphatic carbocycles. The Morgan fingerprint density at radius 3 is 1.41 bits per heavy atom. The third-order valence-electron chi connectivity index (χ3n) is 4.38. The summed E-state index contributed by atoms with van der Waals surface area (Å²) in [5.74, 6) is 3.28. The minimum absolute atomic E-state index is 1.03. The van der Waals surface area contributed by atoms with Gasteiger partial charge in [-0.25, -0.2) is 0 Å². The van der Waals surface area contributed by atoms with Crippen LogP contribution in [0.25, 0.3) is 0 Å². The van der Waals surface area contributed by atoms with Crippen LogP contribution in [-0.4, -0.2) is 0 Å². The fourth-order valence-electron chi connectivity index (χ4n) is 3.36. The number of rotatable bonds is 1. The highest BCUT2D eigenvalue weighted by Crippen LogP contribution is 2.39. The van der Waals surface area contributed by atoms with Crippen molar-refractivity contribution in [2.45, 2.75) is 92.4 Å². The van der Waals surface area contributed by atoms with E-state index in [1.165, 1.54) is 32.1 Å². The van der Waals surface area contributed by atoms with Gasteiger partial charge in [0.25, 0.3) is 0 Å². The molecule has 0 spiro atoms. The van der Waals surface area contributed by atoms with Crippen LogP contribution in [0.3, 0.4) is 0 Å². The summed E-state index contributed by atoms with van der Waals surface area (Å²) in [4.78, 5) is 0. The van der Waals surface area contributed by atoms with Crippen LogP contribution in [0.15, 0.2) is 0 Å². The van der Waals surface area contributed by atoms with E-state index in [1.54, 1.807) is 25.7 Å². The second-order valence-corrected chi connectivity index (χ2v) is 5.42. The van der Waals surface area contributed by atoms with Crippen LogP contribution in [0.2, 0.25) is 0 Å². The molecule has 2 saturated carbocycles. The smallest absolute Gasteiger partial charge is 0.0386 e. The average Bonchev–Trinajstić information content (AvgIpc) is 2.45. The highest BCUT2D eigenvalue weighted by atomic mass is 14.3. The van der Waals surface area contributed by atoms with Gasteiger partial charge in [0, 0.05) is 0 Å². The molecule has 0 aliphatic heterocycles. The molecule has 2 fully saturated rings. The molecule has 0 radical (unpaired) electrons. The van der Waals surface area contributed by atoms with Gasteiger partial charge in [0.15, 0.2) is 0 Å². The standard InChI is InChI=1S/C13H24.2C2H6/c1-11-7-9-13(10-8-11)12-5-3-2-4-6-12;2*1-2/h11-13H,2-10H2,1H3;2*1-2H3. The van der Waals surface area contributed by atoms with Gasteiger partial charge in [-0.3, -0.25) is 0 Å². The monoisotopic (exact) mass is 240 g/mol. The van der Waals surface area contributed by atoms with E-state index in [9.17, 15) is 0 Å². The van der Waals surface area contributed by atoms with Crippen LogP contribution in [0.1, 0.15) is 92.4 Å². The summed E-state index contributed by atoms with van der Waals surface area (Å²) < 4.78 is 0. The van der Waals surface area contributed by atoms with Crippen LogP contribution in [0, 0.1) is 17.8 Å². The second kappa shape index (κ2) is 11.1. The van der Waals surface area contributed by atoms with E-state index in [-0.39, 0.29) is 0 Å². The van der Waals surface area contributed by atoms with Gasteiger partial charge in [-0.15, -0.1) is 0 Å². The Morgan fingerprint density at radius 1 is 0.529 bits per heavy atom. The van der Waals surface area contributed by atoms with Crippen LogP contribution in [0.5, 0.6) is 0 Å². The predicted molar refractivity (Wildman–Crippen MR) is 80.4 cm³/mol. The maximum atomic E-state index is 2.43. The largest absolute Gasteiger partial charge is 0.0683 e. The molecule has 0 aromatic heterocycles. The van der Waals surface area contributed by atoms with Crippen LogP contribution in [0.4, 0.5) is 0 Å². The first-order valence-corrected chi connectivity index (χ1v) is 8.36. The fraction of sp³-hybridized carbons (Fsp3) is 1.00. The molecule has 0 atom stereocenters. The molecular formula is C17H36. The quantitative estimate of drug-likeness (QED) is 0.494. The highest BCUT2D eigenvalue weighted by Gasteiger charge is 2.26. The van der Waals surface area contributed by atoms with E-state index in [2.05, 4.69) is 6.92 Å². The molecule has 2 rings (SSSR count). The molecule has 0 heterocycles. The van der Waals surface area contributed by atoms with Crippen LogP contribution < -0.4 is 0 Å².